The van der Waals surface area contributed by atoms with Crippen molar-refractivity contribution < 1.29 is 24.0 Å². The highest BCUT2D eigenvalue weighted by Crippen LogP contribution is 2.08. The Morgan fingerprint density at radius 2 is 1.74 bits per heavy atom. The number of hydrogen-bond acceptors (Lipinski definition) is 5. The van der Waals surface area contributed by atoms with E-state index in [0.717, 1.165) is 18.4 Å². The fraction of sp³-hybridized carbons (Fsp3) is 0.353. The number of benzene rings is 1. The largest absolute Gasteiger partial charge is 0.342 e. The van der Waals surface area contributed by atoms with E-state index in [4.69, 9.17) is 0 Å². The smallest absolute Gasteiger partial charge is 0.251 e. The van der Waals surface area contributed by atoms with Crippen molar-refractivity contribution in [1.82, 2.24) is 5.32 Å². The quantitative estimate of drug-likeness (QED) is 0.514. The minimum Gasteiger partial charge on any atom is -0.342 e. The van der Waals surface area contributed by atoms with Gasteiger partial charge in [-0.25, -0.2) is 0 Å². The molecule has 1 rings (SSSR count). The van der Waals surface area contributed by atoms with Crippen LogP contribution in [-0.2, 0) is 25.6 Å². The van der Waals surface area contributed by atoms with Gasteiger partial charge in [0.1, 0.15) is 0 Å². The van der Waals surface area contributed by atoms with Crippen molar-refractivity contribution >= 4 is 30.0 Å². The molecule has 6 nitrogen and oxygen atoms in total. The summed E-state index contributed by atoms with van der Waals surface area (Å²) in [6.07, 6.45) is 1.85. The van der Waals surface area contributed by atoms with E-state index in [0.29, 0.717) is 5.56 Å². The van der Waals surface area contributed by atoms with Gasteiger partial charge in [0.2, 0.25) is 5.78 Å². The summed E-state index contributed by atoms with van der Waals surface area (Å²) in [4.78, 5) is 55.6. The summed E-state index contributed by atoms with van der Waals surface area (Å²) in [5, 5.41) is 2.43. The van der Waals surface area contributed by atoms with Gasteiger partial charge in [0.25, 0.3) is 5.91 Å². The monoisotopic (exact) mass is 317 g/mol. The first kappa shape index (κ1) is 18.4. The number of nitrogens with one attached hydrogen (secondary N) is 1. The summed E-state index contributed by atoms with van der Waals surface area (Å²) in [6.45, 7) is 2.05. The molecule has 122 valence electrons. The highest BCUT2D eigenvalue weighted by Gasteiger charge is 2.21. The van der Waals surface area contributed by atoms with Gasteiger partial charge < -0.3 is 5.32 Å². The first-order chi connectivity index (χ1) is 11.0. The lowest BCUT2D eigenvalue weighted by molar-refractivity contribution is -0.132. The second kappa shape index (κ2) is 9.40. The molecule has 0 radical (unpaired) electrons. The molecule has 1 atom stereocenters. The third kappa shape index (κ3) is 5.94. The van der Waals surface area contributed by atoms with E-state index in [1.807, 2.05) is 12.1 Å². The predicted molar refractivity (Wildman–Crippen MR) is 83.1 cm³/mol. The maximum atomic E-state index is 12.1. The maximum Gasteiger partial charge on any atom is 0.251 e. The highest BCUT2D eigenvalue weighted by molar-refractivity contribution is 6.28. The Bertz CT molecular complexity index is 592. The molecule has 0 heterocycles. The van der Waals surface area contributed by atoms with E-state index < -0.39 is 23.5 Å². The molecule has 0 aliphatic rings. The summed E-state index contributed by atoms with van der Waals surface area (Å²) >= 11 is 0. The number of amides is 1. The SMILES string of the molecule is CCCc1ccc(C(=O)NC(CCC(=O)C=O)C(=O)C=O)cc1. The van der Waals surface area contributed by atoms with Crippen LogP contribution < -0.4 is 5.32 Å². The number of Topliss-reactive ketones (excluding diaryl/α,β-unsaturated/α-hetero) is 2. The molecule has 0 aromatic heterocycles. The first-order valence-electron chi connectivity index (χ1n) is 7.38. The minimum absolute atomic E-state index is 0.0885. The Kier molecular flexibility index (Phi) is 7.53. The topological polar surface area (TPSA) is 97.4 Å². The molecule has 1 N–H and O–H groups in total. The van der Waals surface area contributed by atoms with Crippen LogP contribution in [-0.4, -0.2) is 36.1 Å². The van der Waals surface area contributed by atoms with Crippen LogP contribution in [0.2, 0.25) is 0 Å². The number of rotatable bonds is 10. The first-order valence-corrected chi connectivity index (χ1v) is 7.38. The van der Waals surface area contributed by atoms with Gasteiger partial charge in [0, 0.05) is 12.0 Å². The average Bonchev–Trinajstić information content (AvgIpc) is 2.58. The van der Waals surface area contributed by atoms with E-state index in [1.54, 1.807) is 12.1 Å². The second-order valence-electron chi connectivity index (χ2n) is 5.12. The van der Waals surface area contributed by atoms with Crippen LogP contribution in [0.5, 0.6) is 0 Å². The molecule has 1 unspecified atom stereocenters. The molecular weight excluding hydrogens is 298 g/mol. The van der Waals surface area contributed by atoms with E-state index in [2.05, 4.69) is 12.2 Å². The molecular formula is C17H19NO5. The normalized spacial score (nSPS) is 11.3. The zero-order valence-electron chi connectivity index (χ0n) is 12.9. The third-order valence-electron chi connectivity index (χ3n) is 3.33. The Morgan fingerprint density at radius 1 is 1.09 bits per heavy atom. The summed E-state index contributed by atoms with van der Waals surface area (Å²) in [7, 11) is 0. The van der Waals surface area contributed by atoms with Gasteiger partial charge in [-0.05, 0) is 30.5 Å². The Hall–Kier alpha value is -2.63. The Morgan fingerprint density at radius 3 is 2.26 bits per heavy atom. The lowest BCUT2D eigenvalue weighted by Crippen LogP contribution is -2.41. The molecule has 0 saturated carbocycles. The average molecular weight is 317 g/mol. The fourth-order valence-corrected chi connectivity index (χ4v) is 2.07. The number of hydrogen-bond donors (Lipinski definition) is 1. The summed E-state index contributed by atoms with van der Waals surface area (Å²) in [5.41, 5.74) is 1.46. The van der Waals surface area contributed by atoms with Crippen LogP contribution in [0.4, 0.5) is 0 Å². The lowest BCUT2D eigenvalue weighted by atomic mass is 10.0. The molecule has 0 fully saturated rings. The molecule has 0 aliphatic heterocycles. The van der Waals surface area contributed by atoms with Crippen LogP contribution >= 0.6 is 0 Å². The summed E-state index contributed by atoms with van der Waals surface area (Å²) in [6, 6.07) is 5.81. The maximum absolute atomic E-state index is 12.1. The Labute approximate surface area is 134 Å². The van der Waals surface area contributed by atoms with Gasteiger partial charge in [-0.15, -0.1) is 0 Å². The van der Waals surface area contributed by atoms with Crippen LogP contribution in [0, 0.1) is 0 Å². The van der Waals surface area contributed by atoms with Crippen LogP contribution in [0.25, 0.3) is 0 Å². The van der Waals surface area contributed by atoms with E-state index in [1.165, 1.54) is 0 Å². The van der Waals surface area contributed by atoms with Gasteiger partial charge >= 0.3 is 0 Å². The van der Waals surface area contributed by atoms with Crippen molar-refractivity contribution in [1.29, 1.82) is 0 Å². The number of carbonyl (C=O) groups excluding carboxylic acids is 5. The van der Waals surface area contributed by atoms with Crippen molar-refractivity contribution in [3.8, 4) is 0 Å². The molecule has 1 aromatic carbocycles. The predicted octanol–water partition coefficient (Wildman–Crippen LogP) is 1.05. The van der Waals surface area contributed by atoms with Gasteiger partial charge in [-0.2, -0.15) is 0 Å². The molecule has 0 saturated heterocycles. The van der Waals surface area contributed by atoms with Crippen LogP contribution in [0.1, 0.15) is 42.1 Å². The van der Waals surface area contributed by atoms with Crippen molar-refractivity contribution in [2.75, 3.05) is 0 Å². The van der Waals surface area contributed by atoms with Gasteiger partial charge in [-0.1, -0.05) is 25.5 Å². The van der Waals surface area contributed by atoms with E-state index in [-0.39, 0.29) is 25.4 Å². The van der Waals surface area contributed by atoms with Crippen LogP contribution in [0.15, 0.2) is 24.3 Å². The molecule has 0 bridgehead atoms. The molecule has 1 amide bonds. The zero-order chi connectivity index (χ0) is 17.2. The van der Waals surface area contributed by atoms with Gasteiger partial charge in [0.15, 0.2) is 18.4 Å². The molecule has 6 heteroatoms. The van der Waals surface area contributed by atoms with Crippen molar-refractivity contribution in [2.45, 2.75) is 38.6 Å². The van der Waals surface area contributed by atoms with Gasteiger partial charge in [-0.3, -0.25) is 24.0 Å². The number of ketones is 2. The minimum atomic E-state index is -1.11. The Balaban J connectivity index is 2.75. The van der Waals surface area contributed by atoms with E-state index in [9.17, 15) is 24.0 Å². The van der Waals surface area contributed by atoms with Gasteiger partial charge in [0.05, 0.1) is 6.04 Å². The fourth-order valence-electron chi connectivity index (χ4n) is 2.07. The van der Waals surface area contributed by atoms with Crippen LogP contribution in [0.3, 0.4) is 0 Å². The molecule has 0 spiro atoms. The second-order valence-corrected chi connectivity index (χ2v) is 5.12. The number of carbonyl (C=O) groups is 5. The third-order valence-corrected chi connectivity index (χ3v) is 3.33. The van der Waals surface area contributed by atoms with Crippen molar-refractivity contribution in [3.63, 3.8) is 0 Å². The zero-order valence-corrected chi connectivity index (χ0v) is 12.9. The number of aryl methyl sites for hydroxylation is 1. The van der Waals surface area contributed by atoms with Crippen molar-refractivity contribution in [3.05, 3.63) is 35.4 Å². The molecule has 23 heavy (non-hydrogen) atoms. The molecule has 1 aromatic rings. The standard InChI is InChI=1S/C17H19NO5/c1-2-3-12-4-6-13(7-5-12)17(23)18-15(16(22)11-20)9-8-14(21)10-19/h4-7,10-11,15H,2-3,8-9H2,1H3,(H,18,23). The summed E-state index contributed by atoms with van der Waals surface area (Å²) in [5.74, 6) is -2.03. The van der Waals surface area contributed by atoms with Crippen molar-refractivity contribution in [2.24, 2.45) is 0 Å². The number of aldehydes is 2. The summed E-state index contributed by atoms with van der Waals surface area (Å²) < 4.78 is 0. The lowest BCUT2D eigenvalue weighted by Gasteiger charge is -2.14. The van der Waals surface area contributed by atoms with E-state index >= 15 is 0 Å². The molecule has 0 aliphatic carbocycles. The highest BCUT2D eigenvalue weighted by atomic mass is 16.2.